The van der Waals surface area contributed by atoms with Gasteiger partial charge in [0.15, 0.2) is 0 Å². The zero-order valence-corrected chi connectivity index (χ0v) is 10.1. The molecule has 106 valence electrons. The molecule has 2 unspecified atom stereocenters. The van der Waals surface area contributed by atoms with Gasteiger partial charge in [-0.2, -0.15) is 0 Å². The van der Waals surface area contributed by atoms with E-state index in [9.17, 15) is 24.8 Å². The highest BCUT2D eigenvalue weighted by Gasteiger charge is 2.23. The van der Waals surface area contributed by atoms with Gasteiger partial charge in [-0.3, -0.25) is 24.8 Å². The van der Waals surface area contributed by atoms with Crippen LogP contribution < -0.4 is 0 Å². The first-order chi connectivity index (χ1) is 8.42. The van der Waals surface area contributed by atoms with Gasteiger partial charge in [0.2, 0.25) is 0 Å². The van der Waals surface area contributed by atoms with E-state index in [0.717, 1.165) is 0 Å². The fraction of sp³-hybridized carbons (Fsp3) is 1.00. The van der Waals surface area contributed by atoms with Gasteiger partial charge in [-0.1, -0.05) is 0 Å². The molecule has 0 aliphatic carbocycles. The van der Waals surface area contributed by atoms with E-state index in [-0.39, 0.29) is 0 Å². The minimum atomic E-state index is -3.15. The topological polar surface area (TPSA) is 162 Å². The van der Waals surface area contributed by atoms with Gasteiger partial charge < -0.3 is 19.3 Å². The molecule has 0 rings (SSSR count). The smallest absolute Gasteiger partial charge is 0.319 e. The van der Waals surface area contributed by atoms with Gasteiger partial charge in [0.1, 0.15) is 26.4 Å². The quantitative estimate of drug-likeness (QED) is 0.282. The Labute approximate surface area is 102 Å². The van der Waals surface area contributed by atoms with Crippen LogP contribution >= 0.6 is 8.25 Å². The Balaban J connectivity index is 3.97. The number of nitro groups is 2. The molecule has 0 aliphatic rings. The highest BCUT2D eigenvalue weighted by atomic mass is 31.1. The van der Waals surface area contributed by atoms with Gasteiger partial charge in [0, 0.05) is 9.85 Å². The Morgan fingerprint density at radius 2 is 1.33 bits per heavy atom. The molecule has 0 aromatic rings. The van der Waals surface area contributed by atoms with Crippen molar-refractivity contribution in [1.29, 1.82) is 0 Å². The van der Waals surface area contributed by atoms with E-state index in [4.69, 9.17) is 10.2 Å². The maximum atomic E-state index is 11.1. The van der Waals surface area contributed by atoms with E-state index in [1.165, 1.54) is 0 Å². The second kappa shape index (κ2) is 8.89. The lowest BCUT2D eigenvalue weighted by atomic mass is 10.4. The summed E-state index contributed by atoms with van der Waals surface area (Å²) in [5.41, 5.74) is 0. The summed E-state index contributed by atoms with van der Waals surface area (Å²) >= 11 is 0. The largest absolute Gasteiger partial charge is 0.389 e. The number of hydrogen-bond donors (Lipinski definition) is 2. The number of nitrogens with zero attached hydrogens (tertiary/aromatic N) is 2. The minimum absolute atomic E-state index is 0.635. The van der Waals surface area contributed by atoms with Gasteiger partial charge in [0.05, 0.1) is 0 Å². The summed E-state index contributed by atoms with van der Waals surface area (Å²) in [6, 6.07) is -2.88. The Morgan fingerprint density at radius 1 is 1.00 bits per heavy atom. The van der Waals surface area contributed by atoms with Crippen molar-refractivity contribution in [3.63, 3.8) is 0 Å². The summed E-state index contributed by atoms with van der Waals surface area (Å²) in [6.07, 6.45) is 0. The maximum absolute atomic E-state index is 11.1. The lowest BCUT2D eigenvalue weighted by molar-refractivity contribution is -0.529. The molecule has 18 heavy (non-hydrogen) atoms. The third-order valence-corrected chi connectivity index (χ3v) is 2.61. The molecule has 0 spiro atoms. The summed E-state index contributed by atoms with van der Waals surface area (Å²) in [4.78, 5) is 18.9. The van der Waals surface area contributed by atoms with E-state index in [0.29, 0.717) is 0 Å². The lowest BCUT2D eigenvalue weighted by Crippen LogP contribution is -2.29. The van der Waals surface area contributed by atoms with Crippen molar-refractivity contribution in [3.8, 4) is 0 Å². The Kier molecular flexibility index (Phi) is 8.33. The van der Waals surface area contributed by atoms with Gasteiger partial charge in [-0.05, 0) is 0 Å². The second-order valence-corrected chi connectivity index (χ2v) is 4.19. The first kappa shape index (κ1) is 16.9. The van der Waals surface area contributed by atoms with E-state index in [1.54, 1.807) is 0 Å². The highest BCUT2D eigenvalue weighted by molar-refractivity contribution is 7.33. The van der Waals surface area contributed by atoms with Crippen molar-refractivity contribution < 1.29 is 33.7 Å². The fourth-order valence-electron chi connectivity index (χ4n) is 0.731. The van der Waals surface area contributed by atoms with Crippen LogP contribution in [-0.4, -0.2) is 58.6 Å². The van der Waals surface area contributed by atoms with Crippen LogP contribution in [0, 0.1) is 20.2 Å². The van der Waals surface area contributed by atoms with Crippen molar-refractivity contribution in [2.75, 3.05) is 26.4 Å². The number of aliphatic hydroxyl groups excluding tert-OH is 2. The molecule has 11 nitrogen and oxygen atoms in total. The molecule has 0 aliphatic heterocycles. The summed E-state index contributed by atoms with van der Waals surface area (Å²) in [5, 5.41) is 37.6. The molecule has 12 heteroatoms. The summed E-state index contributed by atoms with van der Waals surface area (Å²) in [5.74, 6) is 0. The molecule has 0 saturated heterocycles. The van der Waals surface area contributed by atoms with Crippen LogP contribution in [0.1, 0.15) is 0 Å². The van der Waals surface area contributed by atoms with E-state index in [1.807, 2.05) is 0 Å². The predicted octanol–water partition coefficient (Wildman–Crippen LogP) is -1.32. The van der Waals surface area contributed by atoms with E-state index >= 15 is 0 Å². The zero-order valence-electron chi connectivity index (χ0n) is 9.13. The average molecular weight is 288 g/mol. The molecule has 0 aromatic heterocycles. The zero-order chi connectivity index (χ0) is 14.1. The van der Waals surface area contributed by atoms with Crippen LogP contribution in [0.4, 0.5) is 0 Å². The van der Waals surface area contributed by atoms with E-state index in [2.05, 4.69) is 9.05 Å². The normalized spacial score (nSPS) is 15.9. The molecule has 0 radical (unpaired) electrons. The minimum Gasteiger partial charge on any atom is -0.389 e. The lowest BCUT2D eigenvalue weighted by Gasteiger charge is -2.09. The second-order valence-electron chi connectivity index (χ2n) is 3.12. The van der Waals surface area contributed by atoms with Crippen LogP contribution in [0.2, 0.25) is 0 Å². The van der Waals surface area contributed by atoms with Crippen LogP contribution in [-0.2, 0) is 13.6 Å². The molecule has 0 amide bonds. The monoisotopic (exact) mass is 288 g/mol. The molecule has 0 aromatic carbocycles. The Bertz CT molecular complexity index is 283. The van der Waals surface area contributed by atoms with Crippen molar-refractivity contribution in [1.82, 2.24) is 0 Å². The fourth-order valence-corrected chi connectivity index (χ4v) is 1.47. The summed E-state index contributed by atoms with van der Waals surface area (Å²) in [6.45, 7) is -2.86. The third-order valence-electron chi connectivity index (χ3n) is 1.80. The van der Waals surface area contributed by atoms with Crippen molar-refractivity contribution >= 4 is 8.25 Å². The van der Waals surface area contributed by atoms with Crippen molar-refractivity contribution in [2.24, 2.45) is 0 Å². The molecule has 0 saturated carbocycles. The first-order valence-electron chi connectivity index (χ1n) is 4.70. The van der Waals surface area contributed by atoms with Gasteiger partial charge >= 0.3 is 8.25 Å². The molecular formula is C6H13N2O9P. The van der Waals surface area contributed by atoms with Crippen LogP contribution in [0.5, 0.6) is 0 Å². The van der Waals surface area contributed by atoms with Crippen molar-refractivity contribution in [2.45, 2.75) is 12.1 Å². The summed E-state index contributed by atoms with van der Waals surface area (Å²) in [7, 11) is -3.15. The van der Waals surface area contributed by atoms with Gasteiger partial charge in [-0.25, -0.2) is 0 Å². The molecule has 2 atom stereocenters. The van der Waals surface area contributed by atoms with Crippen LogP contribution in [0.3, 0.4) is 0 Å². The molecule has 0 bridgehead atoms. The van der Waals surface area contributed by atoms with Crippen LogP contribution in [0.15, 0.2) is 0 Å². The number of aliphatic hydroxyl groups is 2. The third kappa shape index (κ3) is 6.57. The predicted molar refractivity (Wildman–Crippen MR) is 56.6 cm³/mol. The Morgan fingerprint density at radius 3 is 1.56 bits per heavy atom. The molecule has 2 N–H and O–H groups in total. The first-order valence-corrected chi connectivity index (χ1v) is 5.93. The molecule has 0 fully saturated rings. The standard InChI is InChI=1S/C6H13N2O9P/c9-1-5(7(11)12)3-16-18(15)17-4-6(2-10)8(13)14/h5-6,9-10,18H,1-4H2. The SMILES string of the molecule is O=[N+]([O-])C(CO)CO[PH](=O)OCC(CO)[N+](=O)[O-]. The van der Waals surface area contributed by atoms with Crippen molar-refractivity contribution in [3.05, 3.63) is 20.2 Å². The maximum Gasteiger partial charge on any atom is 0.319 e. The molecule has 0 heterocycles. The number of rotatable bonds is 10. The number of hydrogen-bond acceptors (Lipinski definition) is 9. The Hall–Kier alpha value is -1.13. The summed E-state index contributed by atoms with van der Waals surface area (Å²) < 4.78 is 20.0. The average Bonchev–Trinajstić information content (AvgIpc) is 2.29. The highest BCUT2D eigenvalue weighted by Crippen LogP contribution is 2.24. The molecular weight excluding hydrogens is 275 g/mol. The van der Waals surface area contributed by atoms with Gasteiger partial charge in [-0.15, -0.1) is 0 Å². The van der Waals surface area contributed by atoms with Crippen LogP contribution in [0.25, 0.3) is 0 Å². The van der Waals surface area contributed by atoms with E-state index < -0.39 is 56.6 Å². The van der Waals surface area contributed by atoms with Gasteiger partial charge in [0.25, 0.3) is 12.1 Å².